The lowest BCUT2D eigenvalue weighted by molar-refractivity contribution is 0.111. The highest BCUT2D eigenvalue weighted by Crippen LogP contribution is 2.34. The molecule has 0 aliphatic rings. The van der Waals surface area contributed by atoms with Gasteiger partial charge in [0.05, 0.1) is 0 Å². The maximum Gasteiger partial charge on any atom is 0.150 e. The Hall–Kier alpha value is -3.20. The summed E-state index contributed by atoms with van der Waals surface area (Å²) in [6.07, 6.45) is 1.66. The summed E-state index contributed by atoms with van der Waals surface area (Å²) >= 11 is 0. The maximum atomic E-state index is 11.1. The highest BCUT2D eigenvalue weighted by molar-refractivity contribution is 5.84. The molecule has 3 heteroatoms. The summed E-state index contributed by atoms with van der Waals surface area (Å²) in [6, 6.07) is 24.6. The molecule has 0 amide bonds. The van der Waals surface area contributed by atoms with Gasteiger partial charge in [0.25, 0.3) is 0 Å². The zero-order valence-electron chi connectivity index (χ0n) is 12.4. The standard InChI is InChI=1S/C20H15NO2/c22-14-16-6-4-10-19(12-16)21(18-8-2-1-3-9-18)20-11-5-7-17(13-20)15-23/h1-15H. The third-order valence-corrected chi connectivity index (χ3v) is 3.54. The zero-order valence-corrected chi connectivity index (χ0v) is 12.4. The van der Waals surface area contributed by atoms with Crippen LogP contribution in [0.3, 0.4) is 0 Å². The third-order valence-electron chi connectivity index (χ3n) is 3.54. The van der Waals surface area contributed by atoms with Gasteiger partial charge < -0.3 is 4.90 Å². The van der Waals surface area contributed by atoms with Gasteiger partial charge in [-0.3, -0.25) is 9.59 Å². The number of benzene rings is 3. The van der Waals surface area contributed by atoms with Gasteiger partial charge in [-0.25, -0.2) is 0 Å². The van der Waals surface area contributed by atoms with Crippen LogP contribution in [0.1, 0.15) is 20.7 Å². The summed E-state index contributed by atoms with van der Waals surface area (Å²) in [5.41, 5.74) is 3.90. The summed E-state index contributed by atoms with van der Waals surface area (Å²) in [4.78, 5) is 24.2. The number of para-hydroxylation sites is 1. The van der Waals surface area contributed by atoms with Gasteiger partial charge >= 0.3 is 0 Å². The normalized spacial score (nSPS) is 10.1. The SMILES string of the molecule is O=Cc1cccc(N(c2ccccc2)c2cccc(C=O)c2)c1. The van der Waals surface area contributed by atoms with Gasteiger partial charge in [0.1, 0.15) is 12.6 Å². The highest BCUT2D eigenvalue weighted by Gasteiger charge is 2.12. The van der Waals surface area contributed by atoms with Crippen LogP contribution in [0, 0.1) is 0 Å². The fourth-order valence-electron chi connectivity index (χ4n) is 2.50. The van der Waals surface area contributed by atoms with Gasteiger partial charge in [-0.05, 0) is 36.4 Å². The molecule has 0 fully saturated rings. The minimum atomic E-state index is 0.606. The molecular formula is C20H15NO2. The van der Waals surface area contributed by atoms with Crippen LogP contribution >= 0.6 is 0 Å². The second kappa shape index (κ2) is 6.71. The number of hydrogen-bond acceptors (Lipinski definition) is 3. The summed E-state index contributed by atoms with van der Waals surface area (Å²) < 4.78 is 0. The van der Waals surface area contributed by atoms with Crippen LogP contribution in [-0.4, -0.2) is 12.6 Å². The van der Waals surface area contributed by atoms with E-state index < -0.39 is 0 Å². The van der Waals surface area contributed by atoms with Crippen molar-refractivity contribution >= 4 is 29.6 Å². The Morgan fingerprint density at radius 3 is 1.52 bits per heavy atom. The van der Waals surface area contributed by atoms with Crippen LogP contribution in [0.25, 0.3) is 0 Å². The van der Waals surface area contributed by atoms with Gasteiger partial charge in [0, 0.05) is 28.2 Å². The molecule has 0 radical (unpaired) electrons. The molecule has 112 valence electrons. The van der Waals surface area contributed by atoms with Gasteiger partial charge in [-0.15, -0.1) is 0 Å². The Kier molecular flexibility index (Phi) is 4.29. The van der Waals surface area contributed by atoms with E-state index in [1.165, 1.54) is 0 Å². The smallest absolute Gasteiger partial charge is 0.150 e. The molecule has 0 N–H and O–H groups in total. The van der Waals surface area contributed by atoms with Crippen molar-refractivity contribution in [1.29, 1.82) is 0 Å². The Bertz CT molecular complexity index is 776. The van der Waals surface area contributed by atoms with Crippen molar-refractivity contribution in [3.05, 3.63) is 90.0 Å². The van der Waals surface area contributed by atoms with Gasteiger partial charge in [0.15, 0.2) is 0 Å². The first-order chi connectivity index (χ1) is 11.3. The topological polar surface area (TPSA) is 37.4 Å². The largest absolute Gasteiger partial charge is 0.310 e. The number of carbonyl (C=O) groups excluding carboxylic acids is 2. The number of rotatable bonds is 5. The minimum absolute atomic E-state index is 0.606. The lowest BCUT2D eigenvalue weighted by atomic mass is 10.1. The van der Waals surface area contributed by atoms with Crippen LogP contribution in [-0.2, 0) is 0 Å². The number of carbonyl (C=O) groups is 2. The van der Waals surface area contributed by atoms with Crippen LogP contribution < -0.4 is 4.90 Å². The maximum absolute atomic E-state index is 11.1. The molecule has 0 unspecified atom stereocenters. The van der Waals surface area contributed by atoms with Crippen LogP contribution in [0.15, 0.2) is 78.9 Å². The Morgan fingerprint density at radius 1 is 0.565 bits per heavy atom. The number of anilines is 3. The van der Waals surface area contributed by atoms with Crippen LogP contribution in [0.2, 0.25) is 0 Å². The first-order valence-electron chi connectivity index (χ1n) is 7.27. The van der Waals surface area contributed by atoms with Crippen molar-refractivity contribution < 1.29 is 9.59 Å². The Morgan fingerprint density at radius 2 is 1.04 bits per heavy atom. The first kappa shape index (κ1) is 14.7. The average molecular weight is 301 g/mol. The summed E-state index contributed by atoms with van der Waals surface area (Å²) in [6.45, 7) is 0. The molecule has 0 saturated heterocycles. The fraction of sp³-hybridized carbons (Fsp3) is 0. The van der Waals surface area contributed by atoms with Crippen LogP contribution in [0.5, 0.6) is 0 Å². The van der Waals surface area contributed by atoms with E-state index in [-0.39, 0.29) is 0 Å². The van der Waals surface area contributed by atoms with E-state index in [1.807, 2.05) is 71.6 Å². The van der Waals surface area contributed by atoms with Crippen LogP contribution in [0.4, 0.5) is 17.1 Å². The first-order valence-corrected chi connectivity index (χ1v) is 7.27. The average Bonchev–Trinajstić information content (AvgIpc) is 2.63. The molecule has 0 aliphatic heterocycles. The molecular weight excluding hydrogens is 286 g/mol. The lowest BCUT2D eigenvalue weighted by Crippen LogP contribution is -2.10. The van der Waals surface area contributed by atoms with Gasteiger partial charge in [0.2, 0.25) is 0 Å². The lowest BCUT2D eigenvalue weighted by Gasteiger charge is -2.25. The molecule has 0 atom stereocenters. The van der Waals surface area contributed by atoms with E-state index in [4.69, 9.17) is 0 Å². The molecule has 3 aromatic rings. The van der Waals surface area contributed by atoms with Crippen molar-refractivity contribution in [2.24, 2.45) is 0 Å². The van der Waals surface area contributed by atoms with E-state index in [9.17, 15) is 9.59 Å². The Balaban J connectivity index is 2.17. The predicted molar refractivity (Wildman–Crippen MR) is 91.9 cm³/mol. The molecule has 0 bridgehead atoms. The van der Waals surface area contributed by atoms with Gasteiger partial charge in [-0.1, -0.05) is 42.5 Å². The zero-order chi connectivity index (χ0) is 16.1. The third kappa shape index (κ3) is 3.19. The second-order valence-corrected chi connectivity index (χ2v) is 5.10. The van der Waals surface area contributed by atoms with Crippen molar-refractivity contribution in [3.8, 4) is 0 Å². The molecule has 3 rings (SSSR count). The molecule has 3 aromatic carbocycles. The van der Waals surface area contributed by atoms with E-state index in [1.54, 1.807) is 12.1 Å². The summed E-state index contributed by atoms with van der Waals surface area (Å²) in [7, 11) is 0. The van der Waals surface area contributed by atoms with Crippen molar-refractivity contribution in [2.75, 3.05) is 4.90 Å². The van der Waals surface area contributed by atoms with Crippen molar-refractivity contribution in [1.82, 2.24) is 0 Å². The Labute approximate surface area is 134 Å². The second-order valence-electron chi connectivity index (χ2n) is 5.10. The van der Waals surface area contributed by atoms with E-state index in [0.717, 1.165) is 29.6 Å². The molecule has 23 heavy (non-hydrogen) atoms. The molecule has 0 aliphatic carbocycles. The predicted octanol–water partition coefficient (Wildman–Crippen LogP) is 4.78. The van der Waals surface area contributed by atoms with E-state index >= 15 is 0 Å². The molecule has 0 heterocycles. The summed E-state index contributed by atoms with van der Waals surface area (Å²) in [5.74, 6) is 0. The molecule has 0 spiro atoms. The quantitative estimate of drug-likeness (QED) is 0.636. The molecule has 0 aromatic heterocycles. The van der Waals surface area contributed by atoms with Gasteiger partial charge in [-0.2, -0.15) is 0 Å². The highest BCUT2D eigenvalue weighted by atomic mass is 16.1. The summed E-state index contributed by atoms with van der Waals surface area (Å²) in [5, 5.41) is 0. The number of hydrogen-bond donors (Lipinski definition) is 0. The number of nitrogens with zero attached hydrogens (tertiary/aromatic N) is 1. The molecule has 0 saturated carbocycles. The monoisotopic (exact) mass is 301 g/mol. The number of aldehydes is 2. The van der Waals surface area contributed by atoms with Crippen molar-refractivity contribution in [2.45, 2.75) is 0 Å². The van der Waals surface area contributed by atoms with E-state index in [0.29, 0.717) is 11.1 Å². The fourth-order valence-corrected chi connectivity index (χ4v) is 2.50. The van der Waals surface area contributed by atoms with Crippen molar-refractivity contribution in [3.63, 3.8) is 0 Å². The minimum Gasteiger partial charge on any atom is -0.310 e. The van der Waals surface area contributed by atoms with E-state index in [2.05, 4.69) is 0 Å². The molecule has 3 nitrogen and oxygen atoms in total.